The smallest absolute Gasteiger partial charge is 0.270 e. The van der Waals surface area contributed by atoms with Gasteiger partial charge in [-0.1, -0.05) is 0 Å². The fourth-order valence-corrected chi connectivity index (χ4v) is 2.79. The Morgan fingerprint density at radius 3 is 2.90 bits per heavy atom. The molecule has 106 valence electrons. The van der Waals surface area contributed by atoms with Crippen LogP contribution in [-0.4, -0.2) is 40.6 Å². The minimum atomic E-state index is -0.181. The van der Waals surface area contributed by atoms with Gasteiger partial charge < -0.3 is 20.7 Å². The number of carbonyl (C=O) groups is 1. The van der Waals surface area contributed by atoms with Crippen molar-refractivity contribution < 1.29 is 9.90 Å². The summed E-state index contributed by atoms with van der Waals surface area (Å²) in [4.78, 5) is 17.2. The Bertz CT molecular complexity index is 644. The Labute approximate surface area is 117 Å². The van der Waals surface area contributed by atoms with E-state index < -0.39 is 0 Å². The Balaban J connectivity index is 1.74. The lowest BCUT2D eigenvalue weighted by molar-refractivity contribution is 0.0264. The molecule has 1 amide bonds. The SMILES string of the molecule is CN(CC1CC(O)C1)C(=O)c1cc2cc(N)ccc2[nH]1. The molecular weight excluding hydrogens is 254 g/mol. The number of nitrogens with zero attached hydrogens (tertiary/aromatic N) is 1. The summed E-state index contributed by atoms with van der Waals surface area (Å²) in [6.45, 7) is 0.688. The van der Waals surface area contributed by atoms with E-state index in [4.69, 9.17) is 5.73 Å². The van der Waals surface area contributed by atoms with Crippen molar-refractivity contribution in [1.82, 2.24) is 9.88 Å². The van der Waals surface area contributed by atoms with E-state index in [1.54, 1.807) is 11.9 Å². The number of nitrogen functional groups attached to an aromatic ring is 1. The van der Waals surface area contributed by atoms with Crippen LogP contribution in [-0.2, 0) is 0 Å². The predicted octanol–water partition coefficient (Wildman–Crippen LogP) is 1.59. The van der Waals surface area contributed by atoms with Crippen LogP contribution in [0.2, 0.25) is 0 Å². The number of hydrogen-bond donors (Lipinski definition) is 3. The molecule has 1 aliphatic carbocycles. The third-order valence-corrected chi connectivity index (χ3v) is 3.96. The number of aliphatic hydroxyl groups excluding tert-OH is 1. The average Bonchev–Trinajstić information content (AvgIpc) is 2.78. The van der Waals surface area contributed by atoms with Crippen LogP contribution < -0.4 is 5.73 Å². The molecule has 4 N–H and O–H groups in total. The number of amides is 1. The molecule has 1 aromatic heterocycles. The van der Waals surface area contributed by atoms with Gasteiger partial charge >= 0.3 is 0 Å². The Morgan fingerprint density at radius 1 is 1.45 bits per heavy atom. The number of fused-ring (bicyclic) bond motifs is 1. The molecule has 2 aromatic rings. The molecule has 5 nitrogen and oxygen atoms in total. The maximum absolute atomic E-state index is 12.4. The van der Waals surface area contributed by atoms with Crippen LogP contribution in [0.1, 0.15) is 23.3 Å². The van der Waals surface area contributed by atoms with Crippen LogP contribution in [0, 0.1) is 5.92 Å². The summed E-state index contributed by atoms with van der Waals surface area (Å²) in [7, 11) is 1.80. The van der Waals surface area contributed by atoms with E-state index in [-0.39, 0.29) is 12.0 Å². The van der Waals surface area contributed by atoms with Crippen molar-refractivity contribution in [2.75, 3.05) is 19.3 Å². The lowest BCUT2D eigenvalue weighted by atomic mass is 9.82. The fourth-order valence-electron chi connectivity index (χ4n) is 2.79. The Hall–Kier alpha value is -2.01. The third-order valence-electron chi connectivity index (χ3n) is 3.96. The first-order valence-corrected chi connectivity index (χ1v) is 6.84. The highest BCUT2D eigenvalue weighted by Gasteiger charge is 2.29. The van der Waals surface area contributed by atoms with Gasteiger partial charge in [-0.25, -0.2) is 0 Å². The number of anilines is 1. The van der Waals surface area contributed by atoms with Crippen LogP contribution in [0.4, 0.5) is 5.69 Å². The molecule has 1 heterocycles. The minimum absolute atomic E-state index is 0.0267. The molecule has 5 heteroatoms. The molecule has 0 saturated heterocycles. The molecule has 0 radical (unpaired) electrons. The van der Waals surface area contributed by atoms with Gasteiger partial charge in [0.1, 0.15) is 5.69 Å². The second-order valence-electron chi connectivity index (χ2n) is 5.71. The van der Waals surface area contributed by atoms with Crippen LogP contribution >= 0.6 is 0 Å². The zero-order valence-corrected chi connectivity index (χ0v) is 11.5. The first kappa shape index (κ1) is 13.0. The molecule has 1 fully saturated rings. The molecule has 1 saturated carbocycles. The molecule has 0 aliphatic heterocycles. The summed E-state index contributed by atoms with van der Waals surface area (Å²) in [5, 5.41) is 10.2. The molecule has 0 atom stereocenters. The van der Waals surface area contributed by atoms with E-state index in [0.717, 1.165) is 23.7 Å². The van der Waals surface area contributed by atoms with Gasteiger partial charge in [0.25, 0.3) is 5.91 Å². The molecule has 0 bridgehead atoms. The number of aromatic amines is 1. The molecule has 0 unspecified atom stereocenters. The first-order chi connectivity index (χ1) is 9.52. The van der Waals surface area contributed by atoms with Crippen molar-refractivity contribution in [3.63, 3.8) is 0 Å². The second kappa shape index (κ2) is 4.83. The number of aliphatic hydroxyl groups is 1. The van der Waals surface area contributed by atoms with Crippen molar-refractivity contribution in [3.05, 3.63) is 30.0 Å². The summed E-state index contributed by atoms with van der Waals surface area (Å²) in [5.74, 6) is 0.389. The molecule has 1 aromatic carbocycles. The van der Waals surface area contributed by atoms with Gasteiger partial charge in [-0.3, -0.25) is 4.79 Å². The van der Waals surface area contributed by atoms with Crippen molar-refractivity contribution in [2.45, 2.75) is 18.9 Å². The number of rotatable bonds is 3. The van der Waals surface area contributed by atoms with Gasteiger partial charge in [0.15, 0.2) is 0 Å². The number of nitrogens with one attached hydrogen (secondary N) is 1. The standard InChI is InChI=1S/C15H19N3O2/c1-18(8-9-4-12(19)5-9)15(20)14-7-10-6-11(16)2-3-13(10)17-14/h2-3,6-7,9,12,17,19H,4-5,8,16H2,1H3. The van der Waals surface area contributed by atoms with Gasteiger partial charge in [0, 0.05) is 30.2 Å². The number of H-pyrrole nitrogens is 1. The van der Waals surface area contributed by atoms with Crippen molar-refractivity contribution in [3.8, 4) is 0 Å². The summed E-state index contributed by atoms with van der Waals surface area (Å²) in [5.41, 5.74) is 7.92. The molecule has 20 heavy (non-hydrogen) atoms. The van der Waals surface area contributed by atoms with E-state index in [1.807, 2.05) is 24.3 Å². The van der Waals surface area contributed by atoms with Crippen LogP contribution in [0.15, 0.2) is 24.3 Å². The molecule has 0 spiro atoms. The van der Waals surface area contributed by atoms with Gasteiger partial charge in [-0.2, -0.15) is 0 Å². The summed E-state index contributed by atoms with van der Waals surface area (Å²) in [6.07, 6.45) is 1.40. The van der Waals surface area contributed by atoms with E-state index in [9.17, 15) is 9.90 Å². The maximum Gasteiger partial charge on any atom is 0.270 e. The number of carbonyl (C=O) groups excluding carboxylic acids is 1. The maximum atomic E-state index is 12.4. The zero-order valence-electron chi connectivity index (χ0n) is 11.5. The highest BCUT2D eigenvalue weighted by molar-refractivity contribution is 5.98. The van der Waals surface area contributed by atoms with Crippen molar-refractivity contribution in [2.24, 2.45) is 5.92 Å². The fraction of sp³-hybridized carbons (Fsp3) is 0.400. The monoisotopic (exact) mass is 273 g/mol. The predicted molar refractivity (Wildman–Crippen MR) is 78.4 cm³/mol. The Morgan fingerprint density at radius 2 is 2.20 bits per heavy atom. The topological polar surface area (TPSA) is 82.3 Å². The molecular formula is C15H19N3O2. The van der Waals surface area contributed by atoms with Gasteiger partial charge in [0.05, 0.1) is 6.10 Å². The van der Waals surface area contributed by atoms with Gasteiger partial charge in [0.2, 0.25) is 0 Å². The number of benzene rings is 1. The van der Waals surface area contributed by atoms with E-state index in [2.05, 4.69) is 4.98 Å². The van der Waals surface area contributed by atoms with Crippen LogP contribution in [0.25, 0.3) is 10.9 Å². The van der Waals surface area contributed by atoms with Gasteiger partial charge in [-0.05, 0) is 43.0 Å². The average molecular weight is 273 g/mol. The summed E-state index contributed by atoms with van der Waals surface area (Å²) in [6, 6.07) is 7.38. The normalized spacial score (nSPS) is 21.7. The highest BCUT2D eigenvalue weighted by atomic mass is 16.3. The first-order valence-electron chi connectivity index (χ1n) is 6.84. The summed E-state index contributed by atoms with van der Waals surface area (Å²) >= 11 is 0. The van der Waals surface area contributed by atoms with Crippen LogP contribution in [0.3, 0.4) is 0 Å². The Kier molecular flexibility index (Phi) is 3.14. The van der Waals surface area contributed by atoms with Crippen LogP contribution in [0.5, 0.6) is 0 Å². The van der Waals surface area contributed by atoms with Crippen molar-refractivity contribution in [1.29, 1.82) is 0 Å². The summed E-state index contributed by atoms with van der Waals surface area (Å²) < 4.78 is 0. The number of nitrogens with two attached hydrogens (primary N) is 1. The molecule has 3 rings (SSSR count). The number of aromatic nitrogens is 1. The zero-order chi connectivity index (χ0) is 14.3. The lowest BCUT2D eigenvalue weighted by Crippen LogP contribution is -2.39. The van der Waals surface area contributed by atoms with E-state index >= 15 is 0 Å². The largest absolute Gasteiger partial charge is 0.399 e. The minimum Gasteiger partial charge on any atom is -0.399 e. The van der Waals surface area contributed by atoms with E-state index in [1.165, 1.54) is 0 Å². The third kappa shape index (κ3) is 2.36. The van der Waals surface area contributed by atoms with Crippen molar-refractivity contribution >= 4 is 22.5 Å². The van der Waals surface area contributed by atoms with Gasteiger partial charge in [-0.15, -0.1) is 0 Å². The second-order valence-corrected chi connectivity index (χ2v) is 5.71. The number of hydrogen-bond acceptors (Lipinski definition) is 3. The van der Waals surface area contributed by atoms with E-state index in [0.29, 0.717) is 23.8 Å². The molecule has 1 aliphatic rings. The highest BCUT2D eigenvalue weighted by Crippen LogP contribution is 2.28. The quantitative estimate of drug-likeness (QED) is 0.743. The lowest BCUT2D eigenvalue weighted by Gasteiger charge is -2.34.